The van der Waals surface area contributed by atoms with Crippen molar-refractivity contribution < 1.29 is 9.53 Å². The Morgan fingerprint density at radius 3 is 2.64 bits per heavy atom. The number of carbonyl (C=O) groups excluding carboxylic acids is 1. The second kappa shape index (κ2) is 7.33. The summed E-state index contributed by atoms with van der Waals surface area (Å²) in [6.45, 7) is 0.774. The Labute approximate surface area is 155 Å². The zero-order chi connectivity index (χ0) is 17.1. The summed E-state index contributed by atoms with van der Waals surface area (Å²) in [5.41, 5.74) is 1.10. The van der Waals surface area contributed by atoms with E-state index < -0.39 is 0 Å². The van der Waals surface area contributed by atoms with Gasteiger partial charge in [-0.3, -0.25) is 4.79 Å². The average Bonchev–Trinajstić information content (AvgIpc) is 3.34. The molecule has 0 saturated carbocycles. The first kappa shape index (κ1) is 16.2. The fraction of sp³-hybridized carbons (Fsp3) is 0.150. The Morgan fingerprint density at radius 1 is 1.00 bits per heavy atom. The van der Waals surface area contributed by atoms with Crippen LogP contribution in [0.1, 0.15) is 20.6 Å². The van der Waals surface area contributed by atoms with Crippen molar-refractivity contribution in [3.8, 4) is 11.5 Å². The third-order valence-electron chi connectivity index (χ3n) is 4.01. The zero-order valence-electron chi connectivity index (χ0n) is 13.5. The van der Waals surface area contributed by atoms with Crippen LogP contribution in [-0.4, -0.2) is 23.1 Å². The molecule has 1 saturated heterocycles. The van der Waals surface area contributed by atoms with Crippen LogP contribution in [0.2, 0.25) is 0 Å². The first-order chi connectivity index (χ1) is 12.3. The highest BCUT2D eigenvalue weighted by Crippen LogP contribution is 2.40. The summed E-state index contributed by atoms with van der Waals surface area (Å²) >= 11 is 3.29. The van der Waals surface area contributed by atoms with E-state index in [0.29, 0.717) is 0 Å². The van der Waals surface area contributed by atoms with Gasteiger partial charge in [-0.25, -0.2) is 0 Å². The van der Waals surface area contributed by atoms with Crippen molar-refractivity contribution in [2.24, 2.45) is 0 Å². The second-order valence-corrected chi connectivity index (χ2v) is 7.82. The number of hydrogen-bond donors (Lipinski definition) is 0. The van der Waals surface area contributed by atoms with Gasteiger partial charge in [0.15, 0.2) is 0 Å². The first-order valence-corrected chi connectivity index (χ1v) is 10.0. The number of hydrogen-bond acceptors (Lipinski definition) is 4. The summed E-state index contributed by atoms with van der Waals surface area (Å²) in [6, 6.07) is 21.6. The smallest absolute Gasteiger partial charge is 0.265 e. The molecule has 0 N–H and O–H groups in total. The highest BCUT2D eigenvalue weighted by molar-refractivity contribution is 7.99. The van der Waals surface area contributed by atoms with Gasteiger partial charge in [0.25, 0.3) is 5.91 Å². The van der Waals surface area contributed by atoms with E-state index in [9.17, 15) is 4.79 Å². The molecule has 2 heterocycles. The van der Waals surface area contributed by atoms with Crippen LogP contribution in [0.5, 0.6) is 11.5 Å². The first-order valence-electron chi connectivity index (χ1n) is 8.10. The Hall–Kier alpha value is -2.24. The molecule has 1 fully saturated rings. The minimum atomic E-state index is 0.0360. The van der Waals surface area contributed by atoms with Crippen molar-refractivity contribution >= 4 is 29.0 Å². The highest BCUT2D eigenvalue weighted by Gasteiger charge is 2.31. The van der Waals surface area contributed by atoms with Crippen LogP contribution >= 0.6 is 23.1 Å². The molecule has 3 nitrogen and oxygen atoms in total. The Bertz CT molecular complexity index is 849. The summed E-state index contributed by atoms with van der Waals surface area (Å²) in [4.78, 5) is 15.5. The van der Waals surface area contributed by atoms with Crippen LogP contribution in [-0.2, 0) is 0 Å². The van der Waals surface area contributed by atoms with Gasteiger partial charge in [-0.05, 0) is 41.3 Å². The van der Waals surface area contributed by atoms with E-state index in [2.05, 4.69) is 6.07 Å². The van der Waals surface area contributed by atoms with Crippen LogP contribution in [0.15, 0.2) is 72.1 Å². The topological polar surface area (TPSA) is 29.5 Å². The molecule has 1 unspecified atom stereocenters. The number of carbonyl (C=O) groups is 1. The SMILES string of the molecule is O=C(c1cccs1)N1CCSC1c1cccc(Oc2ccccc2)c1. The lowest BCUT2D eigenvalue weighted by Crippen LogP contribution is -2.29. The molecule has 0 spiro atoms. The normalized spacial score (nSPS) is 16.8. The Kier molecular flexibility index (Phi) is 4.76. The van der Waals surface area contributed by atoms with Gasteiger partial charge in [0.05, 0.1) is 4.88 Å². The average molecular weight is 367 g/mol. The maximum atomic E-state index is 12.8. The van der Waals surface area contributed by atoms with Crippen molar-refractivity contribution in [3.05, 3.63) is 82.6 Å². The van der Waals surface area contributed by atoms with Crippen molar-refractivity contribution in [2.75, 3.05) is 12.3 Å². The number of ether oxygens (including phenoxy) is 1. The molecule has 1 amide bonds. The second-order valence-electron chi connectivity index (χ2n) is 5.69. The molecule has 5 heteroatoms. The third kappa shape index (κ3) is 3.57. The predicted octanol–water partition coefficient (Wildman–Crippen LogP) is 5.43. The van der Waals surface area contributed by atoms with Gasteiger partial charge in [-0.2, -0.15) is 0 Å². The predicted molar refractivity (Wildman–Crippen MR) is 104 cm³/mol. The van der Waals surface area contributed by atoms with Crippen LogP contribution < -0.4 is 4.74 Å². The van der Waals surface area contributed by atoms with Gasteiger partial charge in [0.1, 0.15) is 16.9 Å². The van der Waals surface area contributed by atoms with Crippen molar-refractivity contribution in [1.82, 2.24) is 4.90 Å². The van der Waals surface area contributed by atoms with Gasteiger partial charge in [-0.15, -0.1) is 23.1 Å². The lowest BCUT2D eigenvalue weighted by atomic mass is 10.2. The summed E-state index contributed by atoms with van der Waals surface area (Å²) in [7, 11) is 0. The number of rotatable bonds is 4. The summed E-state index contributed by atoms with van der Waals surface area (Å²) < 4.78 is 5.94. The molecule has 0 bridgehead atoms. The Morgan fingerprint density at radius 2 is 1.84 bits per heavy atom. The number of nitrogens with zero attached hydrogens (tertiary/aromatic N) is 1. The maximum Gasteiger partial charge on any atom is 0.265 e. The van der Waals surface area contributed by atoms with Crippen molar-refractivity contribution in [3.63, 3.8) is 0 Å². The summed E-state index contributed by atoms with van der Waals surface area (Å²) in [6.07, 6.45) is 0. The van der Waals surface area contributed by atoms with E-state index in [1.807, 2.05) is 70.9 Å². The summed E-state index contributed by atoms with van der Waals surface area (Å²) in [5, 5.41) is 1.98. The summed E-state index contributed by atoms with van der Waals surface area (Å²) in [5.74, 6) is 2.66. The van der Waals surface area contributed by atoms with Gasteiger partial charge in [0.2, 0.25) is 0 Å². The molecule has 1 atom stereocenters. The third-order valence-corrected chi connectivity index (χ3v) is 6.12. The maximum absolute atomic E-state index is 12.8. The molecule has 0 aliphatic carbocycles. The standard InChI is InChI=1S/C20H17NO2S2/c22-19(18-10-5-12-24-18)21-11-13-25-20(21)15-6-4-9-17(14-15)23-16-7-2-1-3-8-16/h1-10,12,14,20H,11,13H2. The van der Waals surface area contributed by atoms with Crippen LogP contribution in [0.4, 0.5) is 0 Å². The van der Waals surface area contributed by atoms with E-state index in [4.69, 9.17) is 4.74 Å². The minimum Gasteiger partial charge on any atom is -0.457 e. The monoisotopic (exact) mass is 367 g/mol. The highest BCUT2D eigenvalue weighted by atomic mass is 32.2. The van der Waals surface area contributed by atoms with Crippen molar-refractivity contribution in [1.29, 1.82) is 0 Å². The molecular weight excluding hydrogens is 350 g/mol. The van der Waals surface area contributed by atoms with E-state index in [1.54, 1.807) is 11.8 Å². The lowest BCUT2D eigenvalue weighted by Gasteiger charge is -2.24. The molecule has 2 aromatic carbocycles. The van der Waals surface area contributed by atoms with Crippen molar-refractivity contribution in [2.45, 2.75) is 5.37 Å². The number of amides is 1. The fourth-order valence-corrected chi connectivity index (χ4v) is 4.78. The molecule has 1 aliphatic heterocycles. The number of para-hydroxylation sites is 1. The number of benzene rings is 2. The van der Waals surface area contributed by atoms with Crippen LogP contribution in [0.3, 0.4) is 0 Å². The molecule has 0 radical (unpaired) electrons. The minimum absolute atomic E-state index is 0.0360. The molecule has 4 rings (SSSR count). The molecular formula is C20H17NO2S2. The van der Waals surface area contributed by atoms with Gasteiger partial charge in [-0.1, -0.05) is 36.4 Å². The molecule has 126 valence electrons. The van der Waals surface area contributed by atoms with E-state index in [0.717, 1.165) is 34.2 Å². The van der Waals surface area contributed by atoms with E-state index >= 15 is 0 Å². The Balaban J connectivity index is 1.56. The van der Waals surface area contributed by atoms with Crippen LogP contribution in [0, 0.1) is 0 Å². The number of thioether (sulfide) groups is 1. The fourth-order valence-electron chi connectivity index (χ4n) is 2.85. The van der Waals surface area contributed by atoms with Gasteiger partial charge in [0, 0.05) is 12.3 Å². The molecule has 1 aliphatic rings. The van der Waals surface area contributed by atoms with Gasteiger partial charge < -0.3 is 9.64 Å². The van der Waals surface area contributed by atoms with E-state index in [1.165, 1.54) is 11.3 Å². The quantitative estimate of drug-likeness (QED) is 0.616. The van der Waals surface area contributed by atoms with Gasteiger partial charge >= 0.3 is 0 Å². The largest absolute Gasteiger partial charge is 0.457 e. The molecule has 3 aromatic rings. The number of thiophene rings is 1. The van der Waals surface area contributed by atoms with E-state index in [-0.39, 0.29) is 11.3 Å². The molecule has 25 heavy (non-hydrogen) atoms. The molecule has 1 aromatic heterocycles. The zero-order valence-corrected chi connectivity index (χ0v) is 15.1. The lowest BCUT2D eigenvalue weighted by molar-refractivity contribution is 0.0765. The van der Waals surface area contributed by atoms with Crippen LogP contribution in [0.25, 0.3) is 0 Å².